The van der Waals surface area contributed by atoms with Crippen LogP contribution in [0.1, 0.15) is 41.5 Å². The molecule has 3 nitrogen and oxygen atoms in total. The van der Waals surface area contributed by atoms with Crippen molar-refractivity contribution in [2.75, 3.05) is 13.7 Å². The molecule has 0 aliphatic rings. The van der Waals surface area contributed by atoms with E-state index in [-0.39, 0.29) is 0 Å². The van der Waals surface area contributed by atoms with Crippen LogP contribution in [0.15, 0.2) is 0 Å². The van der Waals surface area contributed by atoms with Gasteiger partial charge in [0.1, 0.15) is 12.4 Å². The molecule has 0 radical (unpaired) electrons. The molecule has 0 rings (SSSR count). The Labute approximate surface area is 107 Å². The number of methoxy groups -OCH3 is 1. The lowest BCUT2D eigenvalue weighted by atomic mass is 10.4. The minimum atomic E-state index is -1.96. The lowest BCUT2D eigenvalue weighted by Gasteiger charge is -2.43. The largest absolute Gasteiger partial charge is 0.404 e. The van der Waals surface area contributed by atoms with Crippen LogP contribution in [0, 0.1) is 0 Å². The number of carbonyl (C=O) groups excluding carboxylic acids is 1. The lowest BCUT2D eigenvalue weighted by molar-refractivity contribution is -0.116. The van der Waals surface area contributed by atoms with Crippen LogP contribution in [0.4, 0.5) is 0 Å². The summed E-state index contributed by atoms with van der Waals surface area (Å²) in [5.41, 5.74) is 1.46. The van der Waals surface area contributed by atoms with Gasteiger partial charge < -0.3 is 14.0 Å². The zero-order valence-corrected chi connectivity index (χ0v) is 13.3. The van der Waals surface area contributed by atoms with Crippen LogP contribution in [-0.4, -0.2) is 34.4 Å². The number of carbonyl (C=O) groups is 1. The van der Waals surface area contributed by atoms with Gasteiger partial charge in [-0.3, -0.25) is 0 Å². The fourth-order valence-electron chi connectivity index (χ4n) is 2.94. The SMILES string of the molecule is COC[C@H](C=O)O[Si](C(C)C)(C(C)C)C(C)C. The molecule has 0 heterocycles. The molecule has 0 saturated carbocycles. The van der Waals surface area contributed by atoms with Crippen molar-refractivity contribution >= 4 is 14.6 Å². The summed E-state index contributed by atoms with van der Waals surface area (Å²) in [4.78, 5) is 11.1. The van der Waals surface area contributed by atoms with Gasteiger partial charge in [0, 0.05) is 7.11 Å². The molecule has 0 bridgehead atoms. The number of aldehydes is 1. The van der Waals surface area contributed by atoms with Crippen molar-refractivity contribution in [2.24, 2.45) is 0 Å². The van der Waals surface area contributed by atoms with E-state index < -0.39 is 14.4 Å². The molecule has 0 spiro atoms. The third-order valence-corrected chi connectivity index (χ3v) is 9.67. The zero-order chi connectivity index (χ0) is 13.6. The van der Waals surface area contributed by atoms with Crippen molar-refractivity contribution in [3.8, 4) is 0 Å². The van der Waals surface area contributed by atoms with Gasteiger partial charge in [-0.2, -0.15) is 0 Å². The highest BCUT2D eigenvalue weighted by molar-refractivity contribution is 6.77. The van der Waals surface area contributed by atoms with Crippen molar-refractivity contribution < 1.29 is 14.0 Å². The molecular weight excluding hydrogens is 232 g/mol. The van der Waals surface area contributed by atoms with Crippen LogP contribution in [0.5, 0.6) is 0 Å². The Hall–Kier alpha value is -0.193. The highest BCUT2D eigenvalue weighted by Crippen LogP contribution is 2.42. The minimum Gasteiger partial charge on any atom is -0.404 e. The van der Waals surface area contributed by atoms with Gasteiger partial charge in [-0.15, -0.1) is 0 Å². The summed E-state index contributed by atoms with van der Waals surface area (Å²) in [6.07, 6.45) is 0.456. The third-order valence-electron chi connectivity index (χ3n) is 3.55. The second-order valence-electron chi connectivity index (χ2n) is 5.57. The van der Waals surface area contributed by atoms with E-state index in [1.165, 1.54) is 0 Å². The first-order valence-corrected chi connectivity index (χ1v) is 8.58. The Bertz CT molecular complexity index is 205. The summed E-state index contributed by atoms with van der Waals surface area (Å²) < 4.78 is 11.3. The Morgan fingerprint density at radius 3 is 1.65 bits per heavy atom. The molecule has 0 aliphatic carbocycles. The van der Waals surface area contributed by atoms with Gasteiger partial charge in [0.05, 0.1) is 6.61 Å². The highest BCUT2D eigenvalue weighted by Gasteiger charge is 2.46. The molecular formula is C13H28O3Si. The Morgan fingerprint density at radius 1 is 1.00 bits per heavy atom. The average Bonchev–Trinajstić information content (AvgIpc) is 2.22. The molecule has 1 atom stereocenters. The smallest absolute Gasteiger partial charge is 0.201 e. The maximum atomic E-state index is 11.1. The van der Waals surface area contributed by atoms with Gasteiger partial charge >= 0.3 is 0 Å². The molecule has 0 aromatic heterocycles. The van der Waals surface area contributed by atoms with Crippen molar-refractivity contribution in [1.29, 1.82) is 0 Å². The maximum absolute atomic E-state index is 11.1. The van der Waals surface area contributed by atoms with Crippen LogP contribution in [0.2, 0.25) is 16.6 Å². The van der Waals surface area contributed by atoms with E-state index in [1.807, 2.05) is 0 Å². The molecule has 0 aliphatic heterocycles. The van der Waals surface area contributed by atoms with E-state index in [9.17, 15) is 4.79 Å². The first-order valence-electron chi connectivity index (χ1n) is 6.44. The number of hydrogen-bond donors (Lipinski definition) is 0. The van der Waals surface area contributed by atoms with Crippen LogP contribution in [0.25, 0.3) is 0 Å². The predicted octanol–water partition coefficient (Wildman–Crippen LogP) is 3.39. The van der Waals surface area contributed by atoms with Gasteiger partial charge in [-0.05, 0) is 16.6 Å². The number of ether oxygens (including phenoxy) is 1. The van der Waals surface area contributed by atoms with Gasteiger partial charge in [0.15, 0.2) is 0 Å². The first kappa shape index (κ1) is 16.8. The summed E-state index contributed by atoms with van der Waals surface area (Å²) in [7, 11) is -0.360. The van der Waals surface area contributed by atoms with Gasteiger partial charge in [0.25, 0.3) is 0 Å². The maximum Gasteiger partial charge on any atom is 0.201 e. The molecule has 4 heteroatoms. The van der Waals surface area contributed by atoms with E-state index in [0.29, 0.717) is 23.2 Å². The topological polar surface area (TPSA) is 35.5 Å². The first-order chi connectivity index (χ1) is 7.82. The Balaban J connectivity index is 5.09. The van der Waals surface area contributed by atoms with E-state index in [0.717, 1.165) is 6.29 Å². The van der Waals surface area contributed by atoms with E-state index in [1.54, 1.807) is 7.11 Å². The second kappa shape index (κ2) is 7.29. The molecule has 0 N–H and O–H groups in total. The summed E-state index contributed by atoms with van der Waals surface area (Å²) in [6.45, 7) is 13.6. The molecule has 0 fully saturated rings. The highest BCUT2D eigenvalue weighted by atomic mass is 28.4. The normalized spacial score (nSPS) is 14.7. The van der Waals surface area contributed by atoms with E-state index in [4.69, 9.17) is 9.16 Å². The van der Waals surface area contributed by atoms with Crippen molar-refractivity contribution in [3.63, 3.8) is 0 Å². The van der Waals surface area contributed by atoms with Crippen LogP contribution in [0.3, 0.4) is 0 Å². The monoisotopic (exact) mass is 260 g/mol. The van der Waals surface area contributed by atoms with E-state index in [2.05, 4.69) is 41.5 Å². The van der Waals surface area contributed by atoms with Crippen molar-refractivity contribution in [3.05, 3.63) is 0 Å². The number of rotatable bonds is 8. The van der Waals surface area contributed by atoms with Gasteiger partial charge in [0.2, 0.25) is 8.32 Å². The molecule has 0 saturated heterocycles. The zero-order valence-electron chi connectivity index (χ0n) is 12.3. The van der Waals surface area contributed by atoms with Crippen LogP contribution >= 0.6 is 0 Å². The summed E-state index contributed by atoms with van der Waals surface area (Å²) in [5.74, 6) is 0. The second-order valence-corrected chi connectivity index (χ2v) is 11.0. The van der Waals surface area contributed by atoms with Crippen molar-refractivity contribution in [2.45, 2.75) is 64.3 Å². The van der Waals surface area contributed by atoms with Crippen LogP contribution < -0.4 is 0 Å². The van der Waals surface area contributed by atoms with Gasteiger partial charge in [-0.25, -0.2) is 0 Å². The molecule has 17 heavy (non-hydrogen) atoms. The predicted molar refractivity (Wildman–Crippen MR) is 73.9 cm³/mol. The fraction of sp³-hybridized carbons (Fsp3) is 0.923. The van der Waals surface area contributed by atoms with Crippen molar-refractivity contribution in [1.82, 2.24) is 0 Å². The van der Waals surface area contributed by atoms with E-state index >= 15 is 0 Å². The molecule has 102 valence electrons. The quantitative estimate of drug-likeness (QED) is 0.496. The standard InChI is InChI=1S/C13H28O3Si/c1-10(2)17(11(3)4,12(5)6)16-13(8-14)9-15-7/h8,10-13H,9H2,1-7H3/t13-/m0/s1. The summed E-state index contributed by atoms with van der Waals surface area (Å²) in [6, 6.07) is 0. The number of hydrogen-bond acceptors (Lipinski definition) is 3. The Kier molecular flexibility index (Phi) is 7.20. The third kappa shape index (κ3) is 3.90. The molecule has 0 aromatic rings. The fourth-order valence-corrected chi connectivity index (χ4v) is 8.40. The summed E-state index contributed by atoms with van der Waals surface area (Å²) >= 11 is 0. The lowest BCUT2D eigenvalue weighted by Crippen LogP contribution is -2.51. The molecule has 0 unspecified atom stereocenters. The molecule has 0 aromatic carbocycles. The van der Waals surface area contributed by atoms with Gasteiger partial charge in [-0.1, -0.05) is 41.5 Å². The summed E-state index contributed by atoms with van der Waals surface area (Å²) in [5, 5.41) is 0. The minimum absolute atomic E-state index is 0.352. The Morgan fingerprint density at radius 2 is 1.41 bits per heavy atom. The van der Waals surface area contributed by atoms with Crippen LogP contribution in [-0.2, 0) is 14.0 Å². The average molecular weight is 260 g/mol. The molecule has 0 amide bonds.